The highest BCUT2D eigenvalue weighted by Crippen LogP contribution is 2.36. The summed E-state index contributed by atoms with van der Waals surface area (Å²) in [7, 11) is 0. The van der Waals surface area contributed by atoms with Crippen LogP contribution >= 0.6 is 34.5 Å². The largest absolute Gasteiger partial charge is 0.490 e. The van der Waals surface area contributed by atoms with Gasteiger partial charge in [-0.1, -0.05) is 60.5 Å². The monoisotopic (exact) mass is 414 g/mol. The van der Waals surface area contributed by atoms with Gasteiger partial charge in [-0.25, -0.2) is 4.98 Å². The van der Waals surface area contributed by atoms with Gasteiger partial charge in [0.15, 0.2) is 5.75 Å². The van der Waals surface area contributed by atoms with Gasteiger partial charge in [-0.05, 0) is 30.2 Å². The first kappa shape index (κ1) is 19.4. The smallest absolute Gasteiger partial charge is 0.156 e. The van der Waals surface area contributed by atoms with Crippen molar-refractivity contribution in [2.75, 3.05) is 6.61 Å². The quantitative estimate of drug-likeness (QED) is 0.409. The van der Waals surface area contributed by atoms with Crippen molar-refractivity contribution < 1.29 is 4.74 Å². The van der Waals surface area contributed by atoms with Gasteiger partial charge < -0.3 is 4.74 Å². The SMILES string of the molecule is CCCOc1c(Cl)cc(/C=C(/C#N)c2nc(-c3ccccc3)cs2)cc1Cl. The molecule has 0 atom stereocenters. The number of halogens is 2. The predicted octanol–water partition coefficient (Wildman–Crippen LogP) is 6.97. The topological polar surface area (TPSA) is 45.9 Å². The number of nitrogens with zero attached hydrogens (tertiary/aromatic N) is 2. The molecule has 0 aliphatic rings. The van der Waals surface area contributed by atoms with Crippen molar-refractivity contribution in [3.8, 4) is 23.1 Å². The molecule has 0 saturated carbocycles. The highest BCUT2D eigenvalue weighted by Gasteiger charge is 2.12. The minimum Gasteiger partial charge on any atom is -0.490 e. The number of aromatic nitrogens is 1. The van der Waals surface area contributed by atoms with Crippen molar-refractivity contribution in [2.24, 2.45) is 0 Å². The van der Waals surface area contributed by atoms with Crippen LogP contribution in [0.25, 0.3) is 22.9 Å². The van der Waals surface area contributed by atoms with Crippen LogP contribution in [0.15, 0.2) is 47.8 Å². The van der Waals surface area contributed by atoms with Crippen molar-refractivity contribution in [3.05, 3.63) is 68.5 Å². The van der Waals surface area contributed by atoms with Crippen molar-refractivity contribution in [2.45, 2.75) is 13.3 Å². The van der Waals surface area contributed by atoms with E-state index < -0.39 is 0 Å². The molecular weight excluding hydrogens is 399 g/mol. The van der Waals surface area contributed by atoms with Gasteiger partial charge in [0.05, 0.1) is 27.9 Å². The first-order valence-electron chi connectivity index (χ1n) is 8.37. The van der Waals surface area contributed by atoms with Crippen LogP contribution in [-0.2, 0) is 0 Å². The molecule has 0 saturated heterocycles. The fourth-order valence-electron chi connectivity index (χ4n) is 2.45. The molecule has 0 spiro atoms. The van der Waals surface area contributed by atoms with Crippen LogP contribution in [0.2, 0.25) is 10.0 Å². The third-order valence-electron chi connectivity index (χ3n) is 3.71. The minimum atomic E-state index is 0.420. The predicted molar refractivity (Wildman–Crippen MR) is 113 cm³/mol. The molecule has 0 aliphatic carbocycles. The summed E-state index contributed by atoms with van der Waals surface area (Å²) in [5.74, 6) is 0.469. The van der Waals surface area contributed by atoms with E-state index in [1.165, 1.54) is 11.3 Å². The average molecular weight is 415 g/mol. The van der Waals surface area contributed by atoms with E-state index in [1.54, 1.807) is 18.2 Å². The zero-order valence-electron chi connectivity index (χ0n) is 14.6. The molecule has 1 aromatic heterocycles. The summed E-state index contributed by atoms with van der Waals surface area (Å²) in [4.78, 5) is 4.59. The Hall–Kier alpha value is -2.32. The summed E-state index contributed by atoms with van der Waals surface area (Å²) in [5.41, 5.74) is 3.04. The van der Waals surface area contributed by atoms with E-state index in [4.69, 9.17) is 27.9 Å². The van der Waals surface area contributed by atoms with Crippen LogP contribution in [0.3, 0.4) is 0 Å². The third kappa shape index (κ3) is 4.70. The maximum Gasteiger partial charge on any atom is 0.156 e. The molecule has 0 radical (unpaired) electrons. The van der Waals surface area contributed by atoms with Gasteiger partial charge in [-0.2, -0.15) is 5.26 Å². The second kappa shape index (κ2) is 9.05. The van der Waals surface area contributed by atoms with Gasteiger partial charge in [0.2, 0.25) is 0 Å². The van der Waals surface area contributed by atoms with E-state index in [0.717, 1.165) is 23.2 Å². The van der Waals surface area contributed by atoms with E-state index in [9.17, 15) is 5.26 Å². The molecule has 0 unspecified atom stereocenters. The molecule has 2 aromatic carbocycles. The second-order valence-electron chi connectivity index (χ2n) is 5.74. The van der Waals surface area contributed by atoms with Crippen LogP contribution in [0, 0.1) is 11.3 Å². The summed E-state index contributed by atoms with van der Waals surface area (Å²) in [6.07, 6.45) is 2.59. The van der Waals surface area contributed by atoms with E-state index in [0.29, 0.717) is 33.0 Å². The number of hydrogen-bond acceptors (Lipinski definition) is 4. The molecule has 0 fully saturated rings. The number of allylic oxidation sites excluding steroid dienone is 1. The Labute approximate surface area is 172 Å². The van der Waals surface area contributed by atoms with E-state index in [1.807, 2.05) is 42.6 Å². The fraction of sp³-hybridized carbons (Fsp3) is 0.143. The fourth-order valence-corrected chi connectivity index (χ4v) is 3.86. The Morgan fingerprint density at radius 2 is 1.93 bits per heavy atom. The zero-order chi connectivity index (χ0) is 19.2. The normalized spacial score (nSPS) is 11.3. The van der Waals surface area contributed by atoms with Crippen LogP contribution < -0.4 is 4.74 Å². The molecule has 1 heterocycles. The van der Waals surface area contributed by atoms with Gasteiger partial charge in [0.25, 0.3) is 0 Å². The molecule has 3 rings (SSSR count). The number of rotatable bonds is 6. The Kier molecular flexibility index (Phi) is 6.52. The molecule has 0 amide bonds. The summed E-state index contributed by atoms with van der Waals surface area (Å²) in [6, 6.07) is 15.5. The van der Waals surface area contributed by atoms with Crippen molar-refractivity contribution in [1.82, 2.24) is 4.98 Å². The van der Waals surface area contributed by atoms with Crippen LogP contribution in [0.4, 0.5) is 0 Å². The van der Waals surface area contributed by atoms with Gasteiger partial charge >= 0.3 is 0 Å². The molecule has 3 aromatic rings. The number of nitriles is 1. The molecule has 27 heavy (non-hydrogen) atoms. The highest BCUT2D eigenvalue weighted by atomic mass is 35.5. The summed E-state index contributed by atoms with van der Waals surface area (Å²) in [6.45, 7) is 2.55. The summed E-state index contributed by atoms with van der Waals surface area (Å²) < 4.78 is 5.58. The Bertz CT molecular complexity index is 984. The van der Waals surface area contributed by atoms with Crippen molar-refractivity contribution in [1.29, 1.82) is 5.26 Å². The number of hydrogen-bond donors (Lipinski definition) is 0. The summed E-state index contributed by atoms with van der Waals surface area (Å²) in [5, 5.41) is 13.0. The Morgan fingerprint density at radius 3 is 2.56 bits per heavy atom. The first-order valence-corrected chi connectivity index (χ1v) is 10.0. The lowest BCUT2D eigenvalue weighted by molar-refractivity contribution is 0.318. The highest BCUT2D eigenvalue weighted by molar-refractivity contribution is 7.11. The van der Waals surface area contributed by atoms with Crippen molar-refractivity contribution in [3.63, 3.8) is 0 Å². The van der Waals surface area contributed by atoms with E-state index >= 15 is 0 Å². The number of ether oxygens (including phenoxy) is 1. The Balaban J connectivity index is 1.91. The number of benzene rings is 2. The average Bonchev–Trinajstić information content (AvgIpc) is 3.16. The Morgan fingerprint density at radius 1 is 1.22 bits per heavy atom. The number of thiazole rings is 1. The van der Waals surface area contributed by atoms with Gasteiger partial charge in [-0.15, -0.1) is 11.3 Å². The standard InChI is InChI=1S/C21H16Cl2N2OS/c1-2-8-26-20-17(22)10-14(11-18(20)23)9-16(12-24)21-25-19(13-27-21)15-6-4-3-5-7-15/h3-7,9-11,13H,2,8H2,1H3/b16-9-. The van der Waals surface area contributed by atoms with Crippen LogP contribution in [-0.4, -0.2) is 11.6 Å². The first-order chi connectivity index (χ1) is 13.1. The molecule has 3 nitrogen and oxygen atoms in total. The molecular formula is C21H16Cl2N2OS. The van der Waals surface area contributed by atoms with Gasteiger partial charge in [-0.3, -0.25) is 0 Å². The van der Waals surface area contributed by atoms with E-state index in [2.05, 4.69) is 11.1 Å². The van der Waals surface area contributed by atoms with Gasteiger partial charge in [0.1, 0.15) is 11.1 Å². The lowest BCUT2D eigenvalue weighted by atomic mass is 10.1. The van der Waals surface area contributed by atoms with Crippen molar-refractivity contribution >= 4 is 46.2 Å². The maximum absolute atomic E-state index is 9.59. The molecule has 6 heteroatoms. The van der Waals surface area contributed by atoms with Crippen LogP contribution in [0.5, 0.6) is 5.75 Å². The minimum absolute atomic E-state index is 0.420. The lowest BCUT2D eigenvalue weighted by Crippen LogP contribution is -1.96. The zero-order valence-corrected chi connectivity index (χ0v) is 16.9. The lowest BCUT2D eigenvalue weighted by Gasteiger charge is -2.10. The maximum atomic E-state index is 9.59. The molecule has 0 aliphatic heterocycles. The molecule has 0 bridgehead atoms. The molecule has 136 valence electrons. The summed E-state index contributed by atoms with van der Waals surface area (Å²) >= 11 is 14.0. The van der Waals surface area contributed by atoms with Gasteiger partial charge in [0, 0.05) is 10.9 Å². The second-order valence-corrected chi connectivity index (χ2v) is 7.41. The van der Waals surface area contributed by atoms with Crippen LogP contribution in [0.1, 0.15) is 23.9 Å². The molecule has 0 N–H and O–H groups in total. The third-order valence-corrected chi connectivity index (χ3v) is 5.14. The van der Waals surface area contributed by atoms with E-state index in [-0.39, 0.29) is 0 Å².